The number of rotatable bonds is 4. The van der Waals surface area contributed by atoms with Crippen molar-refractivity contribution in [3.8, 4) is 11.1 Å². The van der Waals surface area contributed by atoms with E-state index in [2.05, 4.69) is 0 Å². The van der Waals surface area contributed by atoms with Gasteiger partial charge in [-0.05, 0) is 41.5 Å². The molecule has 2 aromatic carbocycles. The number of Topliss-reactive ketones (excluding diaryl/α,β-unsaturated/α-hetero) is 1. The number of aromatic nitrogens is 2. The fraction of sp³-hybridized carbons (Fsp3) is 0.136. The third-order valence-corrected chi connectivity index (χ3v) is 6.00. The first kappa shape index (κ1) is 18.9. The van der Waals surface area contributed by atoms with E-state index in [4.69, 9.17) is 0 Å². The summed E-state index contributed by atoms with van der Waals surface area (Å²) in [5.74, 6) is -0.00300. The number of thiophene rings is 1. The third kappa shape index (κ3) is 3.19. The van der Waals surface area contributed by atoms with E-state index in [9.17, 15) is 19.6 Å². The van der Waals surface area contributed by atoms with Crippen molar-refractivity contribution in [2.45, 2.75) is 20.4 Å². The molecule has 0 fully saturated rings. The molecule has 0 spiro atoms. The van der Waals surface area contributed by atoms with Gasteiger partial charge in [0.2, 0.25) is 0 Å². The normalized spacial score (nSPS) is 11.1. The quantitative estimate of drug-likeness (QED) is 0.414. The Morgan fingerprint density at radius 2 is 1.76 bits per heavy atom. The molecule has 0 saturated carbocycles. The van der Waals surface area contributed by atoms with Crippen LogP contribution in [0.2, 0.25) is 0 Å². The number of hydrogen-bond donors (Lipinski definition) is 1. The summed E-state index contributed by atoms with van der Waals surface area (Å²) >= 11 is 1.21. The predicted octanol–water partition coefficient (Wildman–Crippen LogP) is 3.69. The maximum absolute atomic E-state index is 12.5. The molecule has 0 saturated heterocycles. The lowest BCUT2D eigenvalue weighted by Gasteiger charge is -2.11. The number of carbonyl (C=O) groups is 1. The monoisotopic (exact) mass is 406 g/mol. The minimum atomic E-state index is -0.769. The minimum Gasteiger partial charge on any atom is -0.421 e. The van der Waals surface area contributed by atoms with Gasteiger partial charge in [-0.2, -0.15) is 0 Å². The second-order valence-corrected chi connectivity index (χ2v) is 7.76. The zero-order valence-corrected chi connectivity index (χ0v) is 16.7. The van der Waals surface area contributed by atoms with E-state index in [0.29, 0.717) is 15.8 Å². The summed E-state index contributed by atoms with van der Waals surface area (Å²) in [5.41, 5.74) is 3.12. The molecular formula is C22H18N2O4S. The van der Waals surface area contributed by atoms with Gasteiger partial charge in [0.15, 0.2) is 5.78 Å². The summed E-state index contributed by atoms with van der Waals surface area (Å²) in [6, 6.07) is 15.0. The standard InChI is InChI=1S/C22H18N2O4S/c1-13-12-29-20-19(13)23(22(27)24(28)21(20)26)11-15-7-9-16(10-8-15)18-6-4-3-5-17(18)14(2)25/h3-10,12,28H,11H2,1-2H3. The molecule has 2 heterocycles. The largest absolute Gasteiger partial charge is 0.421 e. The highest BCUT2D eigenvalue weighted by molar-refractivity contribution is 7.17. The number of carbonyl (C=O) groups excluding carboxylic acids is 1. The minimum absolute atomic E-state index is 0.00300. The molecule has 7 heteroatoms. The lowest BCUT2D eigenvalue weighted by atomic mass is 9.97. The van der Waals surface area contributed by atoms with E-state index in [0.717, 1.165) is 22.3 Å². The van der Waals surface area contributed by atoms with Crippen LogP contribution in [0.5, 0.6) is 0 Å². The Hall–Kier alpha value is -3.45. The van der Waals surface area contributed by atoms with Gasteiger partial charge >= 0.3 is 11.2 Å². The van der Waals surface area contributed by atoms with Gasteiger partial charge < -0.3 is 5.21 Å². The Morgan fingerprint density at radius 3 is 2.45 bits per heavy atom. The first-order valence-electron chi connectivity index (χ1n) is 9.00. The molecule has 146 valence electrons. The molecule has 0 bridgehead atoms. The molecule has 0 radical (unpaired) electrons. The zero-order chi connectivity index (χ0) is 20.7. The highest BCUT2D eigenvalue weighted by Gasteiger charge is 2.16. The molecule has 0 amide bonds. The number of fused-ring (bicyclic) bond motifs is 1. The van der Waals surface area contributed by atoms with Crippen LogP contribution in [0.3, 0.4) is 0 Å². The average Bonchev–Trinajstić information content (AvgIpc) is 3.11. The third-order valence-electron chi connectivity index (χ3n) is 4.92. The highest BCUT2D eigenvalue weighted by Crippen LogP contribution is 2.25. The van der Waals surface area contributed by atoms with Gasteiger partial charge in [0.1, 0.15) is 4.70 Å². The van der Waals surface area contributed by atoms with Crippen LogP contribution in [0.15, 0.2) is 63.5 Å². The first-order valence-corrected chi connectivity index (χ1v) is 9.88. The van der Waals surface area contributed by atoms with Crippen LogP contribution >= 0.6 is 11.3 Å². The van der Waals surface area contributed by atoms with Gasteiger partial charge in [0.25, 0.3) is 0 Å². The smallest absolute Gasteiger partial charge is 0.365 e. The zero-order valence-electron chi connectivity index (χ0n) is 15.9. The lowest BCUT2D eigenvalue weighted by molar-refractivity contribution is 0.101. The molecule has 0 aliphatic rings. The molecule has 1 N–H and O–H groups in total. The van der Waals surface area contributed by atoms with Crippen LogP contribution in [0.4, 0.5) is 0 Å². The van der Waals surface area contributed by atoms with Crippen LogP contribution in [0.25, 0.3) is 21.3 Å². The molecular weight excluding hydrogens is 388 g/mol. The summed E-state index contributed by atoms with van der Waals surface area (Å²) in [6.07, 6.45) is 0. The van der Waals surface area contributed by atoms with Crippen molar-refractivity contribution in [2.24, 2.45) is 0 Å². The molecule has 0 unspecified atom stereocenters. The van der Waals surface area contributed by atoms with E-state index in [1.54, 1.807) is 11.4 Å². The van der Waals surface area contributed by atoms with Crippen molar-refractivity contribution in [1.29, 1.82) is 0 Å². The number of hydrogen-bond acceptors (Lipinski definition) is 5. The second-order valence-electron chi connectivity index (χ2n) is 6.88. The maximum Gasteiger partial charge on any atom is 0.365 e. The number of benzene rings is 2. The van der Waals surface area contributed by atoms with Gasteiger partial charge in [-0.1, -0.05) is 53.3 Å². The van der Waals surface area contributed by atoms with Gasteiger partial charge in [0.05, 0.1) is 12.1 Å². The molecule has 0 atom stereocenters. The fourth-order valence-corrected chi connectivity index (χ4v) is 4.46. The van der Waals surface area contributed by atoms with Crippen molar-refractivity contribution >= 4 is 27.3 Å². The topological polar surface area (TPSA) is 81.3 Å². The Morgan fingerprint density at radius 1 is 1.07 bits per heavy atom. The highest BCUT2D eigenvalue weighted by atomic mass is 32.1. The van der Waals surface area contributed by atoms with Crippen molar-refractivity contribution in [3.63, 3.8) is 0 Å². The summed E-state index contributed by atoms with van der Waals surface area (Å²) in [6.45, 7) is 3.58. The van der Waals surface area contributed by atoms with Crippen LogP contribution in [0.1, 0.15) is 28.4 Å². The average molecular weight is 406 g/mol. The van der Waals surface area contributed by atoms with Crippen molar-refractivity contribution < 1.29 is 10.0 Å². The predicted molar refractivity (Wildman–Crippen MR) is 113 cm³/mol. The van der Waals surface area contributed by atoms with Crippen LogP contribution in [-0.2, 0) is 6.54 Å². The van der Waals surface area contributed by atoms with Crippen LogP contribution < -0.4 is 11.2 Å². The van der Waals surface area contributed by atoms with E-state index >= 15 is 0 Å². The van der Waals surface area contributed by atoms with E-state index in [-0.39, 0.29) is 17.1 Å². The van der Waals surface area contributed by atoms with Crippen molar-refractivity contribution in [2.75, 3.05) is 0 Å². The fourth-order valence-electron chi connectivity index (χ4n) is 3.48. The Bertz CT molecular complexity index is 1360. The van der Waals surface area contributed by atoms with Gasteiger partial charge in [0, 0.05) is 5.56 Å². The number of ketones is 1. The molecule has 0 aliphatic heterocycles. The van der Waals surface area contributed by atoms with E-state index in [1.807, 2.05) is 49.4 Å². The molecule has 2 aromatic heterocycles. The van der Waals surface area contributed by atoms with Gasteiger partial charge in [-0.3, -0.25) is 14.2 Å². The molecule has 0 aliphatic carbocycles. The van der Waals surface area contributed by atoms with E-state index in [1.165, 1.54) is 22.8 Å². The SMILES string of the molecule is CC(=O)c1ccccc1-c1ccc(Cn2c(=O)n(O)c(=O)c3scc(C)c32)cc1. The Labute approximate surface area is 169 Å². The second kappa shape index (κ2) is 7.18. The number of aryl methyl sites for hydroxylation is 1. The summed E-state index contributed by atoms with van der Waals surface area (Å²) in [7, 11) is 0. The van der Waals surface area contributed by atoms with Gasteiger partial charge in [-0.25, -0.2) is 4.79 Å². The molecule has 4 rings (SSSR count). The summed E-state index contributed by atoms with van der Waals surface area (Å²) in [4.78, 5) is 36.5. The van der Waals surface area contributed by atoms with Crippen LogP contribution in [-0.4, -0.2) is 20.3 Å². The lowest BCUT2D eigenvalue weighted by Crippen LogP contribution is -2.38. The van der Waals surface area contributed by atoms with Crippen LogP contribution in [0, 0.1) is 6.92 Å². The molecule has 6 nitrogen and oxygen atoms in total. The van der Waals surface area contributed by atoms with Crippen molar-refractivity contribution in [3.05, 3.63) is 91.4 Å². The summed E-state index contributed by atoms with van der Waals surface area (Å²) < 4.78 is 1.91. The molecule has 29 heavy (non-hydrogen) atoms. The first-order chi connectivity index (χ1) is 13.9. The summed E-state index contributed by atoms with van der Waals surface area (Å²) in [5, 5.41) is 11.7. The molecule has 4 aromatic rings. The van der Waals surface area contributed by atoms with Crippen molar-refractivity contribution in [1.82, 2.24) is 9.30 Å². The van der Waals surface area contributed by atoms with Gasteiger partial charge in [-0.15, -0.1) is 11.3 Å². The maximum atomic E-state index is 12.5. The van der Waals surface area contributed by atoms with E-state index < -0.39 is 11.2 Å². The number of nitrogens with zero attached hydrogens (tertiary/aromatic N) is 2. The Balaban J connectivity index is 1.77. The Kier molecular flexibility index (Phi) is 4.68.